The van der Waals surface area contributed by atoms with E-state index in [2.05, 4.69) is 396 Å². The van der Waals surface area contributed by atoms with E-state index in [4.69, 9.17) is 4.42 Å². The fourth-order valence-electron chi connectivity index (χ4n) is 17.5. The zero-order valence-electron chi connectivity index (χ0n) is 59.7. The molecule has 0 fully saturated rings. The Balaban J connectivity index is 0.930. The van der Waals surface area contributed by atoms with Gasteiger partial charge < -0.3 is 18.8 Å². The number of anilines is 6. The van der Waals surface area contributed by atoms with Crippen molar-refractivity contribution in [3.05, 3.63) is 351 Å². The molecule has 0 bridgehead atoms. The van der Waals surface area contributed by atoms with Crippen molar-refractivity contribution in [2.45, 2.75) is 52.4 Å². The molecule has 18 aromatic rings. The Labute approximate surface area is 613 Å². The Morgan fingerprint density at radius 3 is 1.12 bits per heavy atom. The summed E-state index contributed by atoms with van der Waals surface area (Å²) in [5.41, 5.74) is 31.6. The molecule has 0 spiro atoms. The normalized spacial score (nSPS) is 12.8. The predicted octanol–water partition coefficient (Wildman–Crippen LogP) is 25.7. The highest BCUT2D eigenvalue weighted by Crippen LogP contribution is 2.56. The lowest BCUT2D eigenvalue weighted by Crippen LogP contribution is -2.61. The first-order chi connectivity index (χ1) is 51.4. The van der Waals surface area contributed by atoms with Gasteiger partial charge in [-0.1, -0.05) is 308 Å². The summed E-state index contributed by atoms with van der Waals surface area (Å²) in [6, 6.07) is 128. The van der Waals surface area contributed by atoms with Crippen LogP contribution in [0.2, 0.25) is 0 Å². The van der Waals surface area contributed by atoms with Crippen LogP contribution in [0.15, 0.2) is 344 Å². The Kier molecular flexibility index (Phi) is 14.2. The van der Waals surface area contributed by atoms with E-state index < -0.39 is 0 Å². The van der Waals surface area contributed by atoms with Gasteiger partial charge >= 0.3 is 0 Å². The maximum Gasteiger partial charge on any atom is 0.252 e. The quantitative estimate of drug-likeness (QED) is 0.106. The van der Waals surface area contributed by atoms with Gasteiger partial charge in [-0.2, -0.15) is 0 Å². The average Bonchev–Trinajstić information content (AvgIpc) is 1.11. The van der Waals surface area contributed by atoms with E-state index >= 15 is 0 Å². The number of para-hydroxylation sites is 4. The molecule has 2 aromatic heterocycles. The Hall–Kier alpha value is -12.7. The van der Waals surface area contributed by atoms with Crippen LogP contribution in [0.4, 0.5) is 34.1 Å². The minimum absolute atomic E-state index is 0.185. The lowest BCUT2D eigenvalue weighted by Gasteiger charge is -2.46. The topological polar surface area (TPSA) is 24.6 Å². The van der Waals surface area contributed by atoms with Crippen LogP contribution in [0.5, 0.6) is 0 Å². The molecule has 0 radical (unpaired) electrons. The molecule has 0 unspecified atom stereocenters. The van der Waals surface area contributed by atoms with Crippen LogP contribution in [0.1, 0.15) is 52.7 Å². The molecule has 4 heterocycles. The zero-order chi connectivity index (χ0) is 70.4. The van der Waals surface area contributed by atoms with Crippen LogP contribution in [0.25, 0.3) is 138 Å². The van der Waals surface area contributed by atoms with E-state index in [1.54, 1.807) is 0 Å². The number of aromatic nitrogens is 1. The molecule has 0 amide bonds. The molecule has 0 N–H and O–H groups in total. The maximum atomic E-state index is 6.91. The van der Waals surface area contributed by atoms with Crippen LogP contribution in [0, 0.1) is 0 Å². The van der Waals surface area contributed by atoms with Gasteiger partial charge in [0.15, 0.2) is 0 Å². The SMILES string of the molecule is CC(C)(C)c1cc(-c2ccccc2)c(N2c3cc(-c4c5ccccc5c(-c5cccc6c5oc5ccccc56)c5ccccc45)ccc3B3c4ccc(-n5c6ccccc6c6ccccc65)cc4N(c4c(-c5ccccc5)cc(C(C)(C)C)cc4-c4ccccc4)c4cccc2c43)c(-c2ccccc2)c1. The molecule has 0 atom stereocenters. The molecule has 2 aliphatic heterocycles. The number of rotatable bonds is 9. The summed E-state index contributed by atoms with van der Waals surface area (Å²) in [5.74, 6) is 0. The largest absolute Gasteiger partial charge is 0.455 e. The highest BCUT2D eigenvalue weighted by Gasteiger charge is 2.46. The van der Waals surface area contributed by atoms with Crippen molar-refractivity contribution >= 4 is 123 Å². The minimum Gasteiger partial charge on any atom is -0.455 e. The fourth-order valence-corrected chi connectivity index (χ4v) is 17.5. The smallest absolute Gasteiger partial charge is 0.252 e. The third-order valence-corrected chi connectivity index (χ3v) is 22.4. The van der Waals surface area contributed by atoms with E-state index in [1.807, 2.05) is 0 Å². The van der Waals surface area contributed by atoms with E-state index in [0.717, 1.165) is 112 Å². The van der Waals surface area contributed by atoms with Gasteiger partial charge in [0.1, 0.15) is 11.2 Å². The van der Waals surface area contributed by atoms with E-state index in [0.29, 0.717) is 0 Å². The Morgan fingerprint density at radius 1 is 0.276 bits per heavy atom. The Morgan fingerprint density at radius 2 is 0.657 bits per heavy atom. The summed E-state index contributed by atoms with van der Waals surface area (Å²) in [6.07, 6.45) is 0. The van der Waals surface area contributed by atoms with Gasteiger partial charge in [-0.15, -0.1) is 0 Å². The number of fused-ring (bicyclic) bond motifs is 12. The summed E-state index contributed by atoms with van der Waals surface area (Å²) in [4.78, 5) is 5.38. The van der Waals surface area contributed by atoms with Crippen LogP contribution in [0.3, 0.4) is 0 Å². The monoisotopic (exact) mass is 1340 g/mol. The molecule has 105 heavy (non-hydrogen) atoms. The van der Waals surface area contributed by atoms with Crippen LogP contribution in [-0.2, 0) is 10.8 Å². The Bertz CT molecular complexity index is 6320. The predicted molar refractivity (Wildman–Crippen MR) is 447 cm³/mol. The van der Waals surface area contributed by atoms with Crippen molar-refractivity contribution < 1.29 is 4.42 Å². The third-order valence-electron chi connectivity index (χ3n) is 22.4. The lowest BCUT2D eigenvalue weighted by atomic mass is 9.33. The molecule has 0 aliphatic carbocycles. The van der Waals surface area contributed by atoms with E-state index in [-0.39, 0.29) is 17.5 Å². The second-order valence-electron chi connectivity index (χ2n) is 30.6. The zero-order valence-corrected chi connectivity index (χ0v) is 59.7. The summed E-state index contributed by atoms with van der Waals surface area (Å²) in [7, 11) is 0. The second-order valence-corrected chi connectivity index (χ2v) is 30.6. The van der Waals surface area contributed by atoms with Gasteiger partial charge in [-0.3, -0.25) is 0 Å². The minimum atomic E-state index is -0.237. The molecule has 0 saturated heterocycles. The summed E-state index contributed by atoms with van der Waals surface area (Å²) in [5, 5.41) is 9.36. The fraction of sp³-hybridized carbons (Fsp3) is 0.0800. The lowest BCUT2D eigenvalue weighted by molar-refractivity contribution is 0.590. The number of furan rings is 1. The average molecular weight is 1340 g/mol. The molecule has 5 heteroatoms. The molecule has 498 valence electrons. The van der Waals surface area contributed by atoms with Crippen LogP contribution < -0.4 is 26.2 Å². The summed E-state index contributed by atoms with van der Waals surface area (Å²) >= 11 is 0. The number of nitrogens with zero attached hydrogens (tertiary/aromatic N) is 3. The molecule has 4 nitrogen and oxygen atoms in total. The second kappa shape index (κ2) is 24.0. The van der Waals surface area contributed by atoms with Crippen molar-refractivity contribution in [2.24, 2.45) is 0 Å². The summed E-state index contributed by atoms with van der Waals surface area (Å²) in [6.45, 7) is 13.9. The standard InChI is InChI=1S/C100H74BN3O/c1-99(2,3)68-58-80(63-31-11-7-12-32-63)96(81(59-68)64-33-13-8-14-34-64)103-88-50-30-51-89-95(88)101(84-55-53-67(57-90(84)103)93-74-42-19-21-44-76(74)94(77-45-22-20-43-75(77)93)79-47-29-46-78-73-41-25-28-52-92(73)105-98(78)79)85-56-54-70(102-86-48-26-23-39-71(86)72-40-24-27-49-87(72)102)62-91(85)104(89)97-82(65-35-15-9-16-36-65)60-69(100(4,5)6)61-83(97)66-37-17-10-18-38-66/h7-62H,1-6H3. The molecule has 0 saturated carbocycles. The van der Waals surface area contributed by atoms with Crippen LogP contribution in [-0.4, -0.2) is 11.3 Å². The van der Waals surface area contributed by atoms with Crippen LogP contribution >= 0.6 is 0 Å². The highest BCUT2D eigenvalue weighted by molar-refractivity contribution is 7.00. The van der Waals surface area contributed by atoms with Gasteiger partial charge in [-0.05, 0) is 166 Å². The summed E-state index contributed by atoms with van der Waals surface area (Å²) < 4.78 is 9.40. The first kappa shape index (κ1) is 62.1. The van der Waals surface area contributed by atoms with Crippen molar-refractivity contribution in [3.8, 4) is 72.4 Å². The first-order valence-corrected chi connectivity index (χ1v) is 36.8. The number of hydrogen-bond donors (Lipinski definition) is 0. The molecule has 20 rings (SSSR count). The van der Waals surface area contributed by atoms with Crippen molar-refractivity contribution in [3.63, 3.8) is 0 Å². The first-order valence-electron chi connectivity index (χ1n) is 36.8. The van der Waals surface area contributed by atoms with Gasteiger partial charge in [0.05, 0.1) is 22.4 Å². The maximum absolute atomic E-state index is 6.91. The van der Waals surface area contributed by atoms with Crippen molar-refractivity contribution in [1.82, 2.24) is 4.57 Å². The molecule has 16 aromatic carbocycles. The van der Waals surface area contributed by atoms with Gasteiger partial charge in [-0.25, -0.2) is 0 Å². The van der Waals surface area contributed by atoms with Crippen molar-refractivity contribution in [1.29, 1.82) is 0 Å². The van der Waals surface area contributed by atoms with Gasteiger partial charge in [0.2, 0.25) is 0 Å². The third kappa shape index (κ3) is 9.82. The molecular formula is C100H74BN3O. The van der Waals surface area contributed by atoms with Gasteiger partial charge in [0.25, 0.3) is 6.71 Å². The number of hydrogen-bond acceptors (Lipinski definition) is 3. The van der Waals surface area contributed by atoms with Gasteiger partial charge in [0, 0.05) is 83.4 Å². The number of benzene rings is 16. The highest BCUT2D eigenvalue weighted by atomic mass is 16.3. The molecular weight excluding hydrogens is 1270 g/mol. The van der Waals surface area contributed by atoms with E-state index in [9.17, 15) is 0 Å². The van der Waals surface area contributed by atoms with Crippen molar-refractivity contribution in [2.75, 3.05) is 9.80 Å². The molecule has 2 aliphatic rings. The van der Waals surface area contributed by atoms with E-state index in [1.165, 1.54) is 87.6 Å².